The van der Waals surface area contributed by atoms with Crippen molar-refractivity contribution in [2.24, 2.45) is 0 Å². The zero-order valence-electron chi connectivity index (χ0n) is 14.1. The topological polar surface area (TPSA) is 63.2 Å². The van der Waals surface area contributed by atoms with Gasteiger partial charge in [0.05, 0.1) is 0 Å². The van der Waals surface area contributed by atoms with Crippen molar-refractivity contribution in [3.8, 4) is 0 Å². The second kappa shape index (κ2) is 7.92. The van der Waals surface area contributed by atoms with Crippen molar-refractivity contribution in [3.05, 3.63) is 42.2 Å². The first kappa shape index (κ1) is 17.2. The summed E-state index contributed by atoms with van der Waals surface area (Å²) < 4.78 is 5.18. The third-order valence-corrected chi connectivity index (χ3v) is 3.26. The molecule has 0 aliphatic carbocycles. The highest BCUT2D eigenvalue weighted by Crippen LogP contribution is 2.16. The summed E-state index contributed by atoms with van der Waals surface area (Å²) in [6.45, 7) is 7.74. The summed E-state index contributed by atoms with van der Waals surface area (Å²) in [5, 5.41) is 8.51. The molecule has 23 heavy (non-hydrogen) atoms. The Kier molecular flexibility index (Phi) is 5.93. The number of hydrogen-bond donors (Lipinski definition) is 2. The molecule has 0 aliphatic rings. The molecule has 0 fully saturated rings. The highest BCUT2D eigenvalue weighted by Gasteiger charge is 2.15. The molecule has 0 bridgehead atoms. The number of pyridine rings is 1. The number of amides is 1. The number of rotatable bonds is 6. The monoisotopic (exact) mass is 315 g/mol. The first-order chi connectivity index (χ1) is 11.0. The molecule has 0 saturated heterocycles. The zero-order valence-corrected chi connectivity index (χ0v) is 14.1. The Morgan fingerprint density at radius 3 is 2.74 bits per heavy atom. The molecular formula is C18H25N3O2. The van der Waals surface area contributed by atoms with Gasteiger partial charge in [-0.05, 0) is 44.7 Å². The maximum Gasteiger partial charge on any atom is 0.407 e. The average molecular weight is 315 g/mol. The summed E-state index contributed by atoms with van der Waals surface area (Å²) in [7, 11) is 0. The van der Waals surface area contributed by atoms with Crippen molar-refractivity contribution in [3.63, 3.8) is 0 Å². The van der Waals surface area contributed by atoms with E-state index in [4.69, 9.17) is 4.74 Å². The van der Waals surface area contributed by atoms with Crippen LogP contribution in [0.4, 0.5) is 4.79 Å². The molecule has 0 aliphatic heterocycles. The Balaban J connectivity index is 1.69. The Bertz CT molecular complexity index is 645. The van der Waals surface area contributed by atoms with Gasteiger partial charge in [0.1, 0.15) is 5.60 Å². The second-order valence-electron chi connectivity index (χ2n) is 6.48. The number of benzene rings is 1. The van der Waals surface area contributed by atoms with Gasteiger partial charge in [-0.25, -0.2) is 4.79 Å². The molecule has 2 aromatic rings. The molecule has 5 heteroatoms. The third kappa shape index (κ3) is 5.87. The van der Waals surface area contributed by atoms with Crippen LogP contribution in [0.25, 0.3) is 10.8 Å². The van der Waals surface area contributed by atoms with E-state index < -0.39 is 5.60 Å². The van der Waals surface area contributed by atoms with E-state index in [0.717, 1.165) is 24.9 Å². The number of nitrogens with zero attached hydrogens (tertiary/aromatic N) is 1. The van der Waals surface area contributed by atoms with E-state index >= 15 is 0 Å². The number of ether oxygens (including phenoxy) is 1. The highest BCUT2D eigenvalue weighted by molar-refractivity contribution is 5.84. The Hall–Kier alpha value is -2.14. The second-order valence-corrected chi connectivity index (χ2v) is 6.48. The molecule has 2 rings (SSSR count). The number of carbonyl (C=O) groups excluding carboxylic acids is 1. The number of fused-ring (bicyclic) bond motifs is 1. The van der Waals surface area contributed by atoms with Crippen LogP contribution in [0.1, 0.15) is 32.8 Å². The number of alkyl carbamates (subject to hydrolysis) is 1. The fraction of sp³-hybridized carbons (Fsp3) is 0.444. The quantitative estimate of drug-likeness (QED) is 0.803. The van der Waals surface area contributed by atoms with Gasteiger partial charge in [-0.1, -0.05) is 24.3 Å². The van der Waals surface area contributed by atoms with Crippen LogP contribution in [0.5, 0.6) is 0 Å². The molecule has 0 atom stereocenters. The predicted octanol–water partition coefficient (Wildman–Crippen LogP) is 3.24. The van der Waals surface area contributed by atoms with Gasteiger partial charge in [-0.2, -0.15) is 0 Å². The van der Waals surface area contributed by atoms with Gasteiger partial charge < -0.3 is 15.4 Å². The van der Waals surface area contributed by atoms with Crippen LogP contribution in [0, 0.1) is 0 Å². The van der Waals surface area contributed by atoms with Gasteiger partial charge in [0.25, 0.3) is 0 Å². The summed E-state index contributed by atoms with van der Waals surface area (Å²) >= 11 is 0. The smallest absolute Gasteiger partial charge is 0.407 e. The van der Waals surface area contributed by atoms with Crippen molar-refractivity contribution in [1.82, 2.24) is 15.6 Å². The lowest BCUT2D eigenvalue weighted by atomic mass is 10.1. The van der Waals surface area contributed by atoms with E-state index in [1.54, 1.807) is 0 Å². The van der Waals surface area contributed by atoms with Crippen LogP contribution >= 0.6 is 0 Å². The molecule has 0 radical (unpaired) electrons. The fourth-order valence-corrected chi connectivity index (χ4v) is 2.26. The largest absolute Gasteiger partial charge is 0.444 e. The minimum atomic E-state index is -0.455. The van der Waals surface area contributed by atoms with Gasteiger partial charge in [-0.3, -0.25) is 4.98 Å². The van der Waals surface area contributed by atoms with Crippen LogP contribution in [-0.4, -0.2) is 29.8 Å². The van der Waals surface area contributed by atoms with Crippen molar-refractivity contribution in [1.29, 1.82) is 0 Å². The third-order valence-electron chi connectivity index (χ3n) is 3.26. The van der Waals surface area contributed by atoms with Crippen LogP contribution in [0.2, 0.25) is 0 Å². The molecule has 0 unspecified atom stereocenters. The Morgan fingerprint density at radius 2 is 1.96 bits per heavy atom. The van der Waals surface area contributed by atoms with Gasteiger partial charge >= 0.3 is 6.09 Å². The first-order valence-corrected chi connectivity index (χ1v) is 7.95. The van der Waals surface area contributed by atoms with Gasteiger partial charge in [0, 0.05) is 30.9 Å². The number of nitrogens with one attached hydrogen (secondary N) is 2. The van der Waals surface area contributed by atoms with Crippen molar-refractivity contribution in [2.75, 3.05) is 13.1 Å². The van der Waals surface area contributed by atoms with Crippen molar-refractivity contribution >= 4 is 16.9 Å². The maximum atomic E-state index is 11.5. The van der Waals surface area contributed by atoms with Crippen LogP contribution in [-0.2, 0) is 11.3 Å². The SMILES string of the molecule is CC(C)(C)OC(=O)NCCCNCc1cncc2ccccc12. The summed E-state index contributed by atoms with van der Waals surface area (Å²) in [4.78, 5) is 15.8. The lowest BCUT2D eigenvalue weighted by Gasteiger charge is -2.19. The molecule has 0 spiro atoms. The first-order valence-electron chi connectivity index (χ1n) is 7.95. The molecule has 1 amide bonds. The molecule has 124 valence electrons. The highest BCUT2D eigenvalue weighted by atomic mass is 16.6. The molecule has 1 heterocycles. The minimum Gasteiger partial charge on any atom is -0.444 e. The van der Waals surface area contributed by atoms with E-state index in [2.05, 4.69) is 27.8 Å². The molecule has 1 aromatic carbocycles. The van der Waals surface area contributed by atoms with Gasteiger partial charge in [-0.15, -0.1) is 0 Å². The van der Waals surface area contributed by atoms with E-state index in [1.807, 2.05) is 45.3 Å². The number of aromatic nitrogens is 1. The number of carbonyl (C=O) groups is 1. The summed E-state index contributed by atoms with van der Waals surface area (Å²) in [6, 6.07) is 8.23. The molecule has 1 aromatic heterocycles. The molecule has 5 nitrogen and oxygen atoms in total. The predicted molar refractivity (Wildman–Crippen MR) is 92.3 cm³/mol. The average Bonchev–Trinajstić information content (AvgIpc) is 2.49. The van der Waals surface area contributed by atoms with Crippen LogP contribution < -0.4 is 10.6 Å². The van der Waals surface area contributed by atoms with E-state index in [-0.39, 0.29) is 6.09 Å². The summed E-state index contributed by atoms with van der Waals surface area (Å²) in [5.74, 6) is 0. The normalized spacial score (nSPS) is 11.4. The fourth-order valence-electron chi connectivity index (χ4n) is 2.26. The molecule has 0 saturated carbocycles. The van der Waals surface area contributed by atoms with Crippen LogP contribution in [0.15, 0.2) is 36.7 Å². The van der Waals surface area contributed by atoms with Gasteiger partial charge in [0.15, 0.2) is 0 Å². The van der Waals surface area contributed by atoms with Crippen LogP contribution in [0.3, 0.4) is 0 Å². The van der Waals surface area contributed by atoms with Crippen molar-refractivity contribution in [2.45, 2.75) is 39.3 Å². The standard InChI is InChI=1S/C18H25N3O2/c1-18(2,3)23-17(22)21-10-6-9-19-12-15-13-20-11-14-7-4-5-8-16(14)15/h4-5,7-8,11,13,19H,6,9-10,12H2,1-3H3,(H,21,22). The van der Waals surface area contributed by atoms with E-state index in [1.165, 1.54) is 10.9 Å². The lowest BCUT2D eigenvalue weighted by molar-refractivity contribution is 0.0527. The minimum absolute atomic E-state index is 0.365. The zero-order chi connectivity index (χ0) is 16.7. The van der Waals surface area contributed by atoms with E-state index in [0.29, 0.717) is 6.54 Å². The van der Waals surface area contributed by atoms with Gasteiger partial charge in [0.2, 0.25) is 0 Å². The Labute approximate surface area is 137 Å². The van der Waals surface area contributed by atoms with E-state index in [9.17, 15) is 4.79 Å². The summed E-state index contributed by atoms with van der Waals surface area (Å²) in [6.07, 6.45) is 4.26. The van der Waals surface area contributed by atoms with Crippen molar-refractivity contribution < 1.29 is 9.53 Å². The molecular weight excluding hydrogens is 290 g/mol. The lowest BCUT2D eigenvalue weighted by Crippen LogP contribution is -2.33. The molecule has 2 N–H and O–H groups in total. The maximum absolute atomic E-state index is 11.5. The number of hydrogen-bond acceptors (Lipinski definition) is 4. The summed E-state index contributed by atoms with van der Waals surface area (Å²) in [5.41, 5.74) is 0.729. The Morgan fingerprint density at radius 1 is 1.17 bits per heavy atom.